The van der Waals surface area contributed by atoms with Gasteiger partial charge in [-0.25, -0.2) is 8.78 Å². The highest BCUT2D eigenvalue weighted by Gasteiger charge is 2.37. The minimum Gasteiger partial charge on any atom is -0.352 e. The van der Waals surface area contributed by atoms with Crippen LogP contribution in [0, 0.1) is 0 Å². The summed E-state index contributed by atoms with van der Waals surface area (Å²) in [6, 6.07) is -2.13. The van der Waals surface area contributed by atoms with Gasteiger partial charge >= 0.3 is 6.18 Å². The van der Waals surface area contributed by atoms with Crippen molar-refractivity contribution in [1.82, 2.24) is 15.0 Å². The molecule has 6 nitrogen and oxygen atoms in total. The molecule has 1 aliphatic carbocycles. The summed E-state index contributed by atoms with van der Waals surface area (Å²) < 4.78 is 65.7. The zero-order chi connectivity index (χ0) is 19.6. The van der Waals surface area contributed by atoms with Crippen LogP contribution in [-0.4, -0.2) is 45.2 Å². The molecule has 1 aromatic heterocycles. The van der Waals surface area contributed by atoms with E-state index in [1.807, 2.05) is 0 Å². The highest BCUT2D eigenvalue weighted by Crippen LogP contribution is 2.32. The molecule has 0 radical (unpaired) electrons. The predicted octanol–water partition coefficient (Wildman–Crippen LogP) is 3.44. The van der Waals surface area contributed by atoms with E-state index in [9.17, 15) is 26.7 Å². The van der Waals surface area contributed by atoms with Crippen LogP contribution in [0.3, 0.4) is 0 Å². The number of nitrogens with one attached hydrogen (secondary N) is 2. The van der Waals surface area contributed by atoms with Gasteiger partial charge in [0.05, 0.1) is 0 Å². The summed E-state index contributed by atoms with van der Waals surface area (Å²) in [5.74, 6) is -3.46. The molecule has 0 spiro atoms. The Kier molecular flexibility index (Phi) is 5.77. The number of aromatic nitrogens is 3. The van der Waals surface area contributed by atoms with Crippen LogP contribution in [0.4, 0.5) is 33.8 Å². The largest absolute Gasteiger partial charge is 0.408 e. The maximum atomic E-state index is 14.1. The topological polar surface area (TPSA) is 79.8 Å². The zero-order valence-corrected chi connectivity index (χ0v) is 14.3. The summed E-state index contributed by atoms with van der Waals surface area (Å²) in [5.41, 5.74) is -0.249. The second-order valence-electron chi connectivity index (χ2n) is 6.18. The van der Waals surface area contributed by atoms with Crippen LogP contribution in [0.1, 0.15) is 39.4 Å². The van der Waals surface area contributed by atoms with Crippen LogP contribution >= 0.6 is 0 Å². The Morgan fingerprint density at radius 3 is 2.19 bits per heavy atom. The van der Waals surface area contributed by atoms with E-state index in [1.54, 1.807) is 13.8 Å². The van der Waals surface area contributed by atoms with E-state index in [0.717, 1.165) is 6.92 Å². The first kappa shape index (κ1) is 20.0. The smallest absolute Gasteiger partial charge is 0.352 e. The third-order valence-electron chi connectivity index (χ3n) is 3.57. The van der Waals surface area contributed by atoms with Gasteiger partial charge in [0.15, 0.2) is 17.8 Å². The summed E-state index contributed by atoms with van der Waals surface area (Å²) >= 11 is 0. The minimum absolute atomic E-state index is 0.0861. The predicted molar refractivity (Wildman–Crippen MR) is 84.9 cm³/mol. The van der Waals surface area contributed by atoms with Crippen molar-refractivity contribution in [2.24, 2.45) is 0 Å². The Morgan fingerprint density at radius 1 is 1.08 bits per heavy atom. The van der Waals surface area contributed by atoms with E-state index in [1.165, 1.54) is 0 Å². The summed E-state index contributed by atoms with van der Waals surface area (Å²) in [7, 11) is 0. The van der Waals surface area contributed by atoms with Crippen molar-refractivity contribution in [3.63, 3.8) is 0 Å². The van der Waals surface area contributed by atoms with E-state index in [0.29, 0.717) is 0 Å². The Morgan fingerprint density at radius 2 is 1.65 bits per heavy atom. The lowest BCUT2D eigenvalue weighted by Crippen LogP contribution is -2.34. The fraction of sp³-hybridized carbons (Fsp3) is 0.600. The number of rotatable bonds is 5. The number of anilines is 2. The molecule has 1 heterocycles. The normalized spacial score (nSPS) is 19.7. The Hall–Kier alpha value is -2.33. The number of nitrogens with zero attached hydrogens (tertiary/aromatic N) is 3. The fourth-order valence-corrected chi connectivity index (χ4v) is 2.18. The molecular weight excluding hydrogens is 361 g/mol. The second kappa shape index (κ2) is 7.50. The molecule has 11 heteroatoms. The monoisotopic (exact) mass is 379 g/mol. The number of alkyl halides is 4. The van der Waals surface area contributed by atoms with Crippen molar-refractivity contribution in [2.75, 3.05) is 10.6 Å². The minimum atomic E-state index is -4.55. The molecule has 144 valence electrons. The molecule has 0 saturated carbocycles. The maximum absolute atomic E-state index is 14.1. The van der Waals surface area contributed by atoms with E-state index in [-0.39, 0.29) is 36.2 Å². The van der Waals surface area contributed by atoms with Crippen LogP contribution < -0.4 is 10.6 Å². The van der Waals surface area contributed by atoms with Crippen LogP contribution in [0.25, 0.3) is 5.57 Å². The Bertz CT molecular complexity index is 719. The van der Waals surface area contributed by atoms with Crippen molar-refractivity contribution in [1.29, 1.82) is 0 Å². The molecule has 1 aromatic rings. The average Bonchev–Trinajstić information content (AvgIpc) is 2.51. The highest BCUT2D eigenvalue weighted by atomic mass is 19.4. The lowest BCUT2D eigenvalue weighted by molar-refractivity contribution is -0.138. The first-order chi connectivity index (χ1) is 12.0. The molecule has 0 bridgehead atoms. The number of ketones is 1. The van der Waals surface area contributed by atoms with Gasteiger partial charge in [-0.15, -0.1) is 0 Å². The van der Waals surface area contributed by atoms with Gasteiger partial charge in [-0.05, 0) is 33.6 Å². The zero-order valence-electron chi connectivity index (χ0n) is 14.3. The molecular formula is C15H18F5N5O. The number of carbonyl (C=O) groups excluding carboxylic acids is 1. The number of allylic oxidation sites excluding steroid dienone is 2. The number of carbonyl (C=O) groups is 1. The second-order valence-corrected chi connectivity index (χ2v) is 6.18. The van der Waals surface area contributed by atoms with Gasteiger partial charge < -0.3 is 10.6 Å². The fourth-order valence-electron chi connectivity index (χ4n) is 2.18. The number of Topliss-reactive ketones (excluding diaryl/α,β-unsaturated/α-hetero) is 1. The number of halogens is 5. The van der Waals surface area contributed by atoms with E-state index >= 15 is 0 Å². The quantitative estimate of drug-likeness (QED) is 0.763. The lowest BCUT2D eigenvalue weighted by Gasteiger charge is -2.20. The van der Waals surface area contributed by atoms with Crippen molar-refractivity contribution in [2.45, 2.75) is 58.0 Å². The third kappa shape index (κ3) is 4.64. The average molecular weight is 379 g/mol. The van der Waals surface area contributed by atoms with Gasteiger partial charge in [-0.2, -0.15) is 28.1 Å². The van der Waals surface area contributed by atoms with Crippen LogP contribution in [0.5, 0.6) is 0 Å². The molecule has 1 aliphatic rings. The SMILES string of the molecule is CC(C)Nc1nc(NC(C)C(F)(F)F)nc(C2=C(F)C(=O)[C@H](F)CC2)n1. The van der Waals surface area contributed by atoms with Crippen molar-refractivity contribution >= 4 is 23.3 Å². The summed E-state index contributed by atoms with van der Waals surface area (Å²) in [6.07, 6.45) is -6.90. The molecule has 0 aromatic carbocycles. The van der Waals surface area contributed by atoms with Gasteiger partial charge in [-0.1, -0.05) is 0 Å². The summed E-state index contributed by atoms with van der Waals surface area (Å²) in [6.45, 7) is 4.36. The molecule has 2 atom stereocenters. The van der Waals surface area contributed by atoms with E-state index in [4.69, 9.17) is 0 Å². The van der Waals surface area contributed by atoms with Gasteiger partial charge in [0.1, 0.15) is 6.04 Å². The first-order valence-electron chi connectivity index (χ1n) is 7.92. The van der Waals surface area contributed by atoms with E-state index < -0.39 is 35.9 Å². The number of hydrogen-bond donors (Lipinski definition) is 2. The molecule has 0 saturated heterocycles. The Balaban J connectivity index is 2.45. The van der Waals surface area contributed by atoms with Crippen LogP contribution in [-0.2, 0) is 4.79 Å². The van der Waals surface area contributed by atoms with Crippen molar-refractivity contribution in [3.05, 3.63) is 11.7 Å². The van der Waals surface area contributed by atoms with Gasteiger partial charge in [0, 0.05) is 11.6 Å². The molecule has 26 heavy (non-hydrogen) atoms. The summed E-state index contributed by atoms with van der Waals surface area (Å²) in [5, 5.41) is 4.86. The van der Waals surface area contributed by atoms with Gasteiger partial charge in [-0.3, -0.25) is 4.79 Å². The molecule has 0 aliphatic heterocycles. The van der Waals surface area contributed by atoms with Crippen LogP contribution in [0.15, 0.2) is 5.83 Å². The first-order valence-corrected chi connectivity index (χ1v) is 7.92. The van der Waals surface area contributed by atoms with E-state index in [2.05, 4.69) is 25.6 Å². The highest BCUT2D eigenvalue weighted by molar-refractivity contribution is 6.04. The van der Waals surface area contributed by atoms with Crippen molar-refractivity contribution < 1.29 is 26.7 Å². The van der Waals surface area contributed by atoms with Gasteiger partial charge in [0.2, 0.25) is 17.7 Å². The summed E-state index contributed by atoms with van der Waals surface area (Å²) in [4.78, 5) is 23.1. The standard InChI is InChI=1S/C15H18F5N5O/c1-6(2)21-13-23-12(8-4-5-9(16)11(26)10(8)17)24-14(25-13)22-7(3)15(18,19)20/h6-7,9H,4-5H2,1-3H3,(H2,21,22,23,24,25)/t7?,9-/m1/s1. The van der Waals surface area contributed by atoms with Crippen molar-refractivity contribution in [3.8, 4) is 0 Å². The lowest BCUT2D eigenvalue weighted by atomic mass is 9.95. The van der Waals surface area contributed by atoms with Crippen LogP contribution in [0.2, 0.25) is 0 Å². The molecule has 0 amide bonds. The molecule has 1 unspecified atom stereocenters. The van der Waals surface area contributed by atoms with Gasteiger partial charge in [0.25, 0.3) is 0 Å². The molecule has 0 fully saturated rings. The Labute approximate surface area is 146 Å². The molecule has 2 rings (SSSR count). The third-order valence-corrected chi connectivity index (χ3v) is 3.57. The number of hydrogen-bond acceptors (Lipinski definition) is 6. The maximum Gasteiger partial charge on any atom is 0.408 e. The molecule has 2 N–H and O–H groups in total.